The number of carbonyl (C=O) groups excluding carboxylic acids is 1. The molecule has 0 amide bonds. The van der Waals surface area contributed by atoms with E-state index in [1.165, 1.54) is 6.42 Å². The summed E-state index contributed by atoms with van der Waals surface area (Å²) >= 11 is 0. The van der Waals surface area contributed by atoms with Crippen LogP contribution in [0.25, 0.3) is 0 Å². The third-order valence-corrected chi connectivity index (χ3v) is 3.34. The molecular formula is C14H22N2O3. The first-order valence-electron chi connectivity index (χ1n) is 6.91. The molecule has 0 aromatic carbocycles. The molecule has 1 unspecified atom stereocenters. The minimum Gasteiger partial charge on any atom is -0.378 e. The van der Waals surface area contributed by atoms with Crippen LogP contribution in [0.5, 0.6) is 0 Å². The van der Waals surface area contributed by atoms with Gasteiger partial charge in [0.05, 0.1) is 12.5 Å². The molecule has 2 rings (SSSR count). The maximum atomic E-state index is 11.9. The summed E-state index contributed by atoms with van der Waals surface area (Å²) in [5.41, 5.74) is -0.374. The average molecular weight is 266 g/mol. The quantitative estimate of drug-likeness (QED) is 0.837. The van der Waals surface area contributed by atoms with Crippen LogP contribution < -0.4 is 0 Å². The topological polar surface area (TPSA) is 65.2 Å². The lowest BCUT2D eigenvalue weighted by atomic mass is 9.89. The highest BCUT2D eigenvalue weighted by molar-refractivity contribution is 5.84. The fourth-order valence-electron chi connectivity index (χ4n) is 2.02. The molecule has 1 saturated heterocycles. The molecule has 1 aromatic rings. The molecule has 0 bridgehead atoms. The van der Waals surface area contributed by atoms with E-state index in [-0.39, 0.29) is 23.7 Å². The van der Waals surface area contributed by atoms with E-state index < -0.39 is 0 Å². The first-order valence-corrected chi connectivity index (χ1v) is 6.91. The van der Waals surface area contributed by atoms with E-state index in [0.29, 0.717) is 18.1 Å². The van der Waals surface area contributed by atoms with Gasteiger partial charge in [-0.05, 0) is 19.3 Å². The summed E-state index contributed by atoms with van der Waals surface area (Å²) in [4.78, 5) is 16.2. The van der Waals surface area contributed by atoms with Crippen molar-refractivity contribution in [2.75, 3.05) is 6.61 Å². The molecule has 1 fully saturated rings. The minimum atomic E-state index is -0.374. The zero-order chi connectivity index (χ0) is 13.9. The van der Waals surface area contributed by atoms with Crippen molar-refractivity contribution in [3.63, 3.8) is 0 Å². The molecule has 0 aliphatic carbocycles. The Morgan fingerprint density at radius 1 is 1.37 bits per heavy atom. The van der Waals surface area contributed by atoms with Crippen molar-refractivity contribution >= 4 is 5.78 Å². The van der Waals surface area contributed by atoms with Gasteiger partial charge < -0.3 is 9.26 Å². The molecule has 0 saturated carbocycles. The maximum Gasteiger partial charge on any atom is 0.234 e. The summed E-state index contributed by atoms with van der Waals surface area (Å²) in [5, 5.41) is 3.93. The summed E-state index contributed by atoms with van der Waals surface area (Å²) in [6.45, 7) is 6.49. The number of carbonyl (C=O) groups is 1. The molecule has 5 heteroatoms. The lowest BCUT2D eigenvalue weighted by Crippen LogP contribution is -2.23. The Hall–Kier alpha value is -1.23. The van der Waals surface area contributed by atoms with E-state index >= 15 is 0 Å². The second kappa shape index (κ2) is 5.82. The third-order valence-electron chi connectivity index (χ3n) is 3.34. The molecule has 19 heavy (non-hydrogen) atoms. The number of hydrogen-bond donors (Lipinski definition) is 0. The molecular weight excluding hydrogens is 244 g/mol. The lowest BCUT2D eigenvalue weighted by molar-refractivity contribution is -0.125. The van der Waals surface area contributed by atoms with Crippen LogP contribution in [0.2, 0.25) is 0 Å². The molecule has 1 atom stereocenters. The van der Waals surface area contributed by atoms with Crippen LogP contribution >= 0.6 is 0 Å². The van der Waals surface area contributed by atoms with Gasteiger partial charge in [0.15, 0.2) is 5.82 Å². The van der Waals surface area contributed by atoms with Gasteiger partial charge in [0.2, 0.25) is 5.89 Å². The van der Waals surface area contributed by atoms with Gasteiger partial charge in [-0.3, -0.25) is 4.79 Å². The van der Waals surface area contributed by atoms with Crippen LogP contribution in [0, 0.1) is 5.41 Å². The summed E-state index contributed by atoms with van der Waals surface area (Å²) in [7, 11) is 0. The van der Waals surface area contributed by atoms with Gasteiger partial charge in [-0.2, -0.15) is 4.98 Å². The Balaban J connectivity index is 1.89. The van der Waals surface area contributed by atoms with Crippen molar-refractivity contribution in [2.45, 2.75) is 59.0 Å². The zero-order valence-corrected chi connectivity index (χ0v) is 11.9. The number of rotatable bonds is 4. The molecule has 2 heterocycles. The van der Waals surface area contributed by atoms with Crippen LogP contribution in [0.4, 0.5) is 0 Å². The Morgan fingerprint density at radius 2 is 2.16 bits per heavy atom. The standard InChI is InChI=1S/C14H22N2O3/c1-14(2,3)11(17)9-13-15-12(16-19-13)8-10-6-4-5-7-18-10/h10H,4-9H2,1-3H3. The van der Waals surface area contributed by atoms with Crippen molar-refractivity contribution < 1.29 is 14.1 Å². The van der Waals surface area contributed by atoms with Crippen molar-refractivity contribution in [2.24, 2.45) is 5.41 Å². The summed E-state index contributed by atoms with van der Waals surface area (Å²) < 4.78 is 10.8. The summed E-state index contributed by atoms with van der Waals surface area (Å²) in [6, 6.07) is 0. The molecule has 1 aromatic heterocycles. The Morgan fingerprint density at radius 3 is 2.79 bits per heavy atom. The van der Waals surface area contributed by atoms with E-state index in [0.717, 1.165) is 19.4 Å². The van der Waals surface area contributed by atoms with Crippen molar-refractivity contribution in [3.05, 3.63) is 11.7 Å². The second-order valence-electron chi connectivity index (χ2n) is 6.15. The van der Waals surface area contributed by atoms with Gasteiger partial charge in [0.1, 0.15) is 5.78 Å². The SMILES string of the molecule is CC(C)(C)C(=O)Cc1nc(CC2CCCCO2)no1. The Labute approximate surface area is 113 Å². The fourth-order valence-corrected chi connectivity index (χ4v) is 2.02. The van der Waals surface area contributed by atoms with Gasteiger partial charge >= 0.3 is 0 Å². The average Bonchev–Trinajstić information content (AvgIpc) is 2.76. The van der Waals surface area contributed by atoms with Crippen LogP contribution in [0.15, 0.2) is 4.52 Å². The molecule has 0 radical (unpaired) electrons. The normalized spacial score (nSPS) is 20.5. The highest BCUT2D eigenvalue weighted by Crippen LogP contribution is 2.18. The number of nitrogens with zero attached hydrogens (tertiary/aromatic N) is 2. The second-order valence-corrected chi connectivity index (χ2v) is 6.15. The largest absolute Gasteiger partial charge is 0.378 e. The predicted molar refractivity (Wildman–Crippen MR) is 69.8 cm³/mol. The number of ketones is 1. The maximum absolute atomic E-state index is 11.9. The summed E-state index contributed by atoms with van der Waals surface area (Å²) in [5.74, 6) is 1.16. The van der Waals surface area contributed by atoms with Crippen LogP contribution in [-0.4, -0.2) is 28.6 Å². The molecule has 5 nitrogen and oxygen atoms in total. The van der Waals surface area contributed by atoms with Crippen LogP contribution in [-0.2, 0) is 22.4 Å². The highest BCUT2D eigenvalue weighted by Gasteiger charge is 2.24. The van der Waals surface area contributed by atoms with Gasteiger partial charge in [0, 0.05) is 18.4 Å². The molecule has 0 spiro atoms. The van der Waals surface area contributed by atoms with Gasteiger partial charge in [0.25, 0.3) is 0 Å². The molecule has 1 aliphatic heterocycles. The highest BCUT2D eigenvalue weighted by atomic mass is 16.5. The van der Waals surface area contributed by atoms with Crippen molar-refractivity contribution in [1.82, 2.24) is 10.1 Å². The van der Waals surface area contributed by atoms with E-state index in [1.807, 2.05) is 20.8 Å². The van der Waals surface area contributed by atoms with Gasteiger partial charge in [-0.25, -0.2) is 0 Å². The first-order chi connectivity index (χ1) is 8.95. The number of Topliss-reactive ketones (excluding diaryl/α,β-unsaturated/α-hetero) is 1. The van der Waals surface area contributed by atoms with E-state index in [2.05, 4.69) is 10.1 Å². The zero-order valence-electron chi connectivity index (χ0n) is 11.9. The van der Waals surface area contributed by atoms with Crippen molar-refractivity contribution in [1.29, 1.82) is 0 Å². The number of ether oxygens (including phenoxy) is 1. The lowest BCUT2D eigenvalue weighted by Gasteiger charge is -2.20. The predicted octanol–water partition coefficient (Wildman–Crippen LogP) is 2.34. The third kappa shape index (κ3) is 4.13. The van der Waals surface area contributed by atoms with E-state index in [9.17, 15) is 4.79 Å². The van der Waals surface area contributed by atoms with Gasteiger partial charge in [-0.1, -0.05) is 25.9 Å². The van der Waals surface area contributed by atoms with Crippen molar-refractivity contribution in [3.8, 4) is 0 Å². The Bertz CT molecular complexity index is 428. The van der Waals surface area contributed by atoms with Crippen LogP contribution in [0.3, 0.4) is 0 Å². The smallest absolute Gasteiger partial charge is 0.234 e. The number of aromatic nitrogens is 2. The van der Waals surface area contributed by atoms with Gasteiger partial charge in [-0.15, -0.1) is 0 Å². The molecule has 1 aliphatic rings. The first kappa shape index (κ1) is 14.2. The Kier molecular flexibility index (Phi) is 4.34. The minimum absolute atomic E-state index is 0.108. The van der Waals surface area contributed by atoms with E-state index in [4.69, 9.17) is 9.26 Å². The number of hydrogen-bond acceptors (Lipinski definition) is 5. The van der Waals surface area contributed by atoms with Crippen LogP contribution in [0.1, 0.15) is 51.7 Å². The van der Waals surface area contributed by atoms with E-state index in [1.54, 1.807) is 0 Å². The molecule has 0 N–H and O–H groups in total. The molecule has 106 valence electrons. The fraction of sp³-hybridized carbons (Fsp3) is 0.786. The monoisotopic (exact) mass is 266 g/mol. The summed E-state index contributed by atoms with van der Waals surface area (Å²) in [6.07, 6.45) is 4.45.